The van der Waals surface area contributed by atoms with E-state index in [1.807, 2.05) is 48.5 Å². The molecule has 0 aliphatic rings. The standard InChI is InChI=1S/C25H24N4O2S2/c1-15-17(3)32-24-21(15)25(28-14-27-24)33-20-12-8-7-11-19(20)23(31)29-16(2)22(30)26-13-18-9-5-4-6-10-18/h4-12,14,16H,13H2,1-3H3,(H,26,30)(H,29,31). The molecule has 0 saturated heterocycles. The van der Waals surface area contributed by atoms with E-state index in [0.717, 1.165) is 31.3 Å². The zero-order valence-corrected chi connectivity index (χ0v) is 20.2. The van der Waals surface area contributed by atoms with Gasteiger partial charge < -0.3 is 10.6 Å². The Morgan fingerprint density at radius 3 is 2.55 bits per heavy atom. The van der Waals surface area contributed by atoms with Gasteiger partial charge in [0.25, 0.3) is 5.91 Å². The molecule has 0 aliphatic heterocycles. The summed E-state index contributed by atoms with van der Waals surface area (Å²) >= 11 is 3.08. The van der Waals surface area contributed by atoms with Crippen molar-refractivity contribution in [2.24, 2.45) is 0 Å². The van der Waals surface area contributed by atoms with Gasteiger partial charge >= 0.3 is 0 Å². The molecule has 0 saturated carbocycles. The number of carbonyl (C=O) groups excluding carboxylic acids is 2. The Morgan fingerprint density at radius 1 is 1.03 bits per heavy atom. The molecule has 33 heavy (non-hydrogen) atoms. The summed E-state index contributed by atoms with van der Waals surface area (Å²) in [4.78, 5) is 37.3. The molecule has 0 radical (unpaired) electrons. The summed E-state index contributed by atoms with van der Waals surface area (Å²) in [5, 5.41) is 7.52. The Balaban J connectivity index is 1.48. The van der Waals surface area contributed by atoms with Crippen molar-refractivity contribution in [1.29, 1.82) is 0 Å². The maximum Gasteiger partial charge on any atom is 0.253 e. The molecule has 1 unspecified atom stereocenters. The normalized spacial score (nSPS) is 11.8. The molecule has 0 bridgehead atoms. The number of nitrogens with one attached hydrogen (secondary N) is 2. The largest absolute Gasteiger partial charge is 0.350 e. The molecule has 0 aliphatic carbocycles. The molecule has 168 valence electrons. The van der Waals surface area contributed by atoms with Crippen LogP contribution in [0.25, 0.3) is 10.2 Å². The molecule has 8 heteroatoms. The van der Waals surface area contributed by atoms with Crippen molar-refractivity contribution in [3.63, 3.8) is 0 Å². The first-order chi connectivity index (χ1) is 15.9. The van der Waals surface area contributed by atoms with Gasteiger partial charge in [0.05, 0.1) is 5.56 Å². The summed E-state index contributed by atoms with van der Waals surface area (Å²) in [6, 6.07) is 16.3. The fourth-order valence-electron chi connectivity index (χ4n) is 3.35. The number of amides is 2. The first-order valence-electron chi connectivity index (χ1n) is 10.5. The van der Waals surface area contributed by atoms with Crippen LogP contribution in [-0.2, 0) is 11.3 Å². The van der Waals surface area contributed by atoms with E-state index in [1.54, 1.807) is 30.7 Å². The van der Waals surface area contributed by atoms with Crippen LogP contribution in [0.1, 0.15) is 33.3 Å². The Morgan fingerprint density at radius 2 is 1.76 bits per heavy atom. The van der Waals surface area contributed by atoms with E-state index in [-0.39, 0.29) is 11.8 Å². The summed E-state index contributed by atoms with van der Waals surface area (Å²) in [5.74, 6) is -0.539. The molecule has 4 rings (SSSR count). The third kappa shape index (κ3) is 5.23. The average molecular weight is 477 g/mol. The molecule has 2 aromatic carbocycles. The Bertz CT molecular complexity index is 1300. The molecule has 2 heterocycles. The molecule has 0 fully saturated rings. The van der Waals surface area contributed by atoms with E-state index >= 15 is 0 Å². The van der Waals surface area contributed by atoms with Gasteiger partial charge in [0.1, 0.15) is 22.2 Å². The van der Waals surface area contributed by atoms with Gasteiger partial charge in [0.2, 0.25) is 5.91 Å². The Kier molecular flexibility index (Phi) is 7.05. The molecule has 0 spiro atoms. The van der Waals surface area contributed by atoms with Gasteiger partial charge in [-0.1, -0.05) is 54.2 Å². The zero-order chi connectivity index (χ0) is 23.4. The van der Waals surface area contributed by atoms with Crippen LogP contribution in [0.4, 0.5) is 0 Å². The van der Waals surface area contributed by atoms with Gasteiger partial charge in [0.15, 0.2) is 0 Å². The number of benzene rings is 2. The van der Waals surface area contributed by atoms with Gasteiger partial charge in [0, 0.05) is 21.7 Å². The molecule has 2 aromatic heterocycles. The minimum Gasteiger partial charge on any atom is -0.350 e. The topological polar surface area (TPSA) is 84.0 Å². The van der Waals surface area contributed by atoms with Crippen LogP contribution in [-0.4, -0.2) is 27.8 Å². The van der Waals surface area contributed by atoms with Gasteiger partial charge in [-0.3, -0.25) is 9.59 Å². The molecular weight excluding hydrogens is 452 g/mol. The van der Waals surface area contributed by atoms with Crippen molar-refractivity contribution in [2.75, 3.05) is 0 Å². The number of rotatable bonds is 7. The van der Waals surface area contributed by atoms with Crippen LogP contribution in [0.15, 0.2) is 70.8 Å². The predicted molar refractivity (Wildman–Crippen MR) is 133 cm³/mol. The minimum atomic E-state index is -0.674. The number of thiophene rings is 1. The summed E-state index contributed by atoms with van der Waals surface area (Å²) in [5.41, 5.74) is 2.66. The smallest absolute Gasteiger partial charge is 0.253 e. The lowest BCUT2D eigenvalue weighted by molar-refractivity contribution is -0.122. The predicted octanol–water partition coefficient (Wildman–Crippen LogP) is 4.89. The SMILES string of the molecule is Cc1sc2ncnc(Sc3ccccc3C(=O)NC(C)C(=O)NCc3ccccc3)c2c1C. The molecule has 6 nitrogen and oxygen atoms in total. The van der Waals surface area contributed by atoms with Crippen molar-refractivity contribution in [3.05, 3.63) is 82.5 Å². The summed E-state index contributed by atoms with van der Waals surface area (Å²) in [6.45, 7) is 6.23. The average Bonchev–Trinajstić information content (AvgIpc) is 3.12. The molecular formula is C25H24N4O2S2. The second-order valence-corrected chi connectivity index (χ2v) is 9.87. The first-order valence-corrected chi connectivity index (χ1v) is 12.2. The van der Waals surface area contributed by atoms with Crippen LogP contribution < -0.4 is 10.6 Å². The van der Waals surface area contributed by atoms with Gasteiger partial charge in [-0.25, -0.2) is 9.97 Å². The fourth-order valence-corrected chi connectivity index (χ4v) is 5.49. The van der Waals surface area contributed by atoms with E-state index in [2.05, 4.69) is 34.4 Å². The summed E-state index contributed by atoms with van der Waals surface area (Å²) in [7, 11) is 0. The zero-order valence-electron chi connectivity index (χ0n) is 18.6. The number of aromatic nitrogens is 2. The van der Waals surface area contributed by atoms with E-state index in [1.165, 1.54) is 16.6 Å². The monoisotopic (exact) mass is 476 g/mol. The number of nitrogens with zero attached hydrogens (tertiary/aromatic N) is 2. The first kappa shape index (κ1) is 22.9. The van der Waals surface area contributed by atoms with E-state index in [0.29, 0.717) is 12.1 Å². The quantitative estimate of drug-likeness (QED) is 0.371. The number of hydrogen-bond donors (Lipinski definition) is 2. The highest BCUT2D eigenvalue weighted by Gasteiger charge is 2.20. The molecule has 2 N–H and O–H groups in total. The van der Waals surface area contributed by atoms with Crippen molar-refractivity contribution in [1.82, 2.24) is 20.6 Å². The van der Waals surface area contributed by atoms with Gasteiger partial charge in [-0.15, -0.1) is 11.3 Å². The minimum absolute atomic E-state index is 0.237. The summed E-state index contributed by atoms with van der Waals surface area (Å²) < 4.78 is 0. The van der Waals surface area contributed by atoms with Gasteiger partial charge in [-0.05, 0) is 44.0 Å². The molecule has 4 aromatic rings. The number of carbonyl (C=O) groups is 2. The lowest BCUT2D eigenvalue weighted by Crippen LogP contribution is -2.44. The lowest BCUT2D eigenvalue weighted by Gasteiger charge is -2.16. The second kappa shape index (κ2) is 10.1. The third-order valence-corrected chi connectivity index (χ3v) is 7.51. The highest BCUT2D eigenvalue weighted by molar-refractivity contribution is 7.99. The van der Waals surface area contributed by atoms with Crippen molar-refractivity contribution >= 4 is 45.1 Å². The van der Waals surface area contributed by atoms with Crippen molar-refractivity contribution in [3.8, 4) is 0 Å². The Labute approximate surface area is 200 Å². The highest BCUT2D eigenvalue weighted by Crippen LogP contribution is 2.38. The van der Waals surface area contributed by atoms with Crippen LogP contribution in [0, 0.1) is 13.8 Å². The number of fused-ring (bicyclic) bond motifs is 1. The molecule has 2 amide bonds. The second-order valence-electron chi connectivity index (χ2n) is 7.64. The number of hydrogen-bond acceptors (Lipinski definition) is 6. The van der Waals surface area contributed by atoms with E-state index < -0.39 is 6.04 Å². The number of aryl methyl sites for hydroxylation is 2. The van der Waals surface area contributed by atoms with Crippen molar-refractivity contribution < 1.29 is 9.59 Å². The fraction of sp³-hybridized carbons (Fsp3) is 0.200. The highest BCUT2D eigenvalue weighted by atomic mass is 32.2. The van der Waals surface area contributed by atoms with E-state index in [9.17, 15) is 9.59 Å². The third-order valence-electron chi connectivity index (χ3n) is 5.32. The van der Waals surface area contributed by atoms with Crippen LogP contribution >= 0.6 is 23.1 Å². The maximum absolute atomic E-state index is 13.0. The van der Waals surface area contributed by atoms with Crippen LogP contribution in [0.3, 0.4) is 0 Å². The summed E-state index contributed by atoms with van der Waals surface area (Å²) in [6.07, 6.45) is 1.56. The lowest BCUT2D eigenvalue weighted by atomic mass is 10.2. The van der Waals surface area contributed by atoms with Crippen molar-refractivity contribution in [2.45, 2.75) is 43.3 Å². The van der Waals surface area contributed by atoms with Gasteiger partial charge in [-0.2, -0.15) is 0 Å². The Hall–Kier alpha value is -3.23. The molecule has 1 atom stereocenters. The van der Waals surface area contributed by atoms with Crippen LogP contribution in [0.5, 0.6) is 0 Å². The van der Waals surface area contributed by atoms with E-state index in [4.69, 9.17) is 0 Å². The van der Waals surface area contributed by atoms with Crippen LogP contribution in [0.2, 0.25) is 0 Å². The maximum atomic E-state index is 13.0.